The summed E-state index contributed by atoms with van der Waals surface area (Å²) in [4.78, 5) is 29.1. The van der Waals surface area contributed by atoms with Crippen molar-refractivity contribution in [2.75, 3.05) is 31.1 Å². The zero-order valence-electron chi connectivity index (χ0n) is 16.4. The fraction of sp³-hybridized carbons (Fsp3) is 0.391. The molecule has 0 saturated carbocycles. The lowest BCUT2D eigenvalue weighted by Gasteiger charge is -2.28. The standard InChI is InChI=1S/C23H27N3O2/c1-2-22(27)26-14-11-19-20(8-5-9-21(19)26)23(28)24-12-15-25-13-10-17-6-3-4-7-18(17)16-25/h3-9H,2,10-16H2,1H3,(H,24,28). The highest BCUT2D eigenvalue weighted by Crippen LogP contribution is 2.31. The van der Waals surface area contributed by atoms with Gasteiger partial charge in [0.05, 0.1) is 0 Å². The summed E-state index contributed by atoms with van der Waals surface area (Å²) in [6.07, 6.45) is 2.29. The molecule has 2 aliphatic heterocycles. The van der Waals surface area contributed by atoms with E-state index in [9.17, 15) is 9.59 Å². The maximum atomic E-state index is 12.8. The molecule has 2 amide bonds. The number of rotatable bonds is 5. The van der Waals surface area contributed by atoms with Crippen LogP contribution in [0.25, 0.3) is 0 Å². The minimum Gasteiger partial charge on any atom is -0.351 e. The van der Waals surface area contributed by atoms with Crippen molar-refractivity contribution in [3.05, 3.63) is 64.7 Å². The molecular formula is C23H27N3O2. The lowest BCUT2D eigenvalue weighted by atomic mass is 10.00. The molecule has 2 aromatic rings. The molecule has 5 nitrogen and oxygen atoms in total. The molecule has 1 N–H and O–H groups in total. The molecule has 0 aliphatic carbocycles. The molecule has 2 aromatic carbocycles. The monoisotopic (exact) mass is 377 g/mol. The Morgan fingerprint density at radius 3 is 2.64 bits per heavy atom. The molecule has 5 heteroatoms. The molecule has 0 aromatic heterocycles. The first-order valence-electron chi connectivity index (χ1n) is 10.2. The van der Waals surface area contributed by atoms with Crippen molar-refractivity contribution >= 4 is 17.5 Å². The maximum absolute atomic E-state index is 12.8. The van der Waals surface area contributed by atoms with Crippen LogP contribution >= 0.6 is 0 Å². The topological polar surface area (TPSA) is 52.7 Å². The number of nitrogens with zero attached hydrogens (tertiary/aromatic N) is 2. The largest absolute Gasteiger partial charge is 0.351 e. The van der Waals surface area contributed by atoms with Crippen molar-refractivity contribution in [2.45, 2.75) is 32.7 Å². The Balaban J connectivity index is 1.35. The van der Waals surface area contributed by atoms with Crippen LogP contribution in [0.4, 0.5) is 5.69 Å². The van der Waals surface area contributed by atoms with E-state index in [1.54, 1.807) is 4.90 Å². The van der Waals surface area contributed by atoms with Gasteiger partial charge in [-0.1, -0.05) is 37.3 Å². The Bertz CT molecular complexity index is 893. The van der Waals surface area contributed by atoms with Gasteiger partial charge < -0.3 is 10.2 Å². The second kappa shape index (κ2) is 8.15. The smallest absolute Gasteiger partial charge is 0.251 e. The summed E-state index contributed by atoms with van der Waals surface area (Å²) in [7, 11) is 0. The normalized spacial score (nSPS) is 15.8. The minimum atomic E-state index is -0.0416. The zero-order valence-corrected chi connectivity index (χ0v) is 16.4. The SMILES string of the molecule is CCC(=O)N1CCc2c(C(=O)NCCN3CCc4ccccc4C3)cccc21. The first-order valence-corrected chi connectivity index (χ1v) is 10.2. The van der Waals surface area contributed by atoms with Crippen molar-refractivity contribution in [1.29, 1.82) is 0 Å². The average molecular weight is 377 g/mol. The summed E-state index contributed by atoms with van der Waals surface area (Å²) in [5, 5.41) is 3.07. The van der Waals surface area contributed by atoms with E-state index >= 15 is 0 Å². The molecule has 2 heterocycles. The van der Waals surface area contributed by atoms with Crippen LogP contribution in [0, 0.1) is 0 Å². The second-order valence-corrected chi connectivity index (χ2v) is 7.50. The van der Waals surface area contributed by atoms with Crippen LogP contribution < -0.4 is 10.2 Å². The van der Waals surface area contributed by atoms with Crippen LogP contribution in [0.15, 0.2) is 42.5 Å². The number of hydrogen-bond donors (Lipinski definition) is 1. The van der Waals surface area contributed by atoms with Gasteiger partial charge in [0.25, 0.3) is 5.91 Å². The second-order valence-electron chi connectivity index (χ2n) is 7.50. The van der Waals surface area contributed by atoms with Crippen LogP contribution in [0.5, 0.6) is 0 Å². The number of amides is 2. The highest BCUT2D eigenvalue weighted by atomic mass is 16.2. The van der Waals surface area contributed by atoms with Gasteiger partial charge in [0, 0.05) is 50.4 Å². The molecular weight excluding hydrogens is 350 g/mol. The molecule has 2 aliphatic rings. The first-order chi connectivity index (χ1) is 13.7. The highest BCUT2D eigenvalue weighted by Gasteiger charge is 2.27. The van der Waals surface area contributed by atoms with Crippen LogP contribution in [-0.4, -0.2) is 42.9 Å². The van der Waals surface area contributed by atoms with Gasteiger partial charge in [0.15, 0.2) is 0 Å². The quantitative estimate of drug-likeness (QED) is 0.872. The highest BCUT2D eigenvalue weighted by molar-refractivity contribution is 6.01. The summed E-state index contributed by atoms with van der Waals surface area (Å²) < 4.78 is 0. The van der Waals surface area contributed by atoms with Crippen molar-refractivity contribution in [1.82, 2.24) is 10.2 Å². The first kappa shape index (κ1) is 18.7. The number of benzene rings is 2. The molecule has 0 saturated heterocycles. The Labute approximate surface area is 166 Å². The van der Waals surface area contributed by atoms with E-state index in [2.05, 4.69) is 34.5 Å². The number of carbonyl (C=O) groups is 2. The third-order valence-corrected chi connectivity index (χ3v) is 5.80. The van der Waals surface area contributed by atoms with E-state index in [0.29, 0.717) is 25.1 Å². The zero-order chi connectivity index (χ0) is 19.5. The molecule has 0 spiro atoms. The van der Waals surface area contributed by atoms with Crippen molar-refractivity contribution in [3.63, 3.8) is 0 Å². The van der Waals surface area contributed by atoms with Crippen LogP contribution in [0.2, 0.25) is 0 Å². The van der Waals surface area contributed by atoms with Crippen LogP contribution in [0.3, 0.4) is 0 Å². The summed E-state index contributed by atoms with van der Waals surface area (Å²) in [6, 6.07) is 14.3. The molecule has 28 heavy (non-hydrogen) atoms. The molecule has 0 radical (unpaired) electrons. The molecule has 146 valence electrons. The van der Waals surface area contributed by atoms with Crippen molar-refractivity contribution < 1.29 is 9.59 Å². The van der Waals surface area contributed by atoms with E-state index in [4.69, 9.17) is 0 Å². The number of hydrogen-bond acceptors (Lipinski definition) is 3. The molecule has 0 fully saturated rings. The molecule has 0 atom stereocenters. The number of nitrogens with one attached hydrogen (secondary N) is 1. The van der Waals surface area contributed by atoms with E-state index in [-0.39, 0.29) is 11.8 Å². The lowest BCUT2D eigenvalue weighted by Crippen LogP contribution is -2.38. The van der Waals surface area contributed by atoms with Gasteiger partial charge >= 0.3 is 0 Å². The van der Waals surface area contributed by atoms with E-state index in [1.165, 1.54) is 11.1 Å². The third-order valence-electron chi connectivity index (χ3n) is 5.80. The lowest BCUT2D eigenvalue weighted by molar-refractivity contribution is -0.118. The van der Waals surface area contributed by atoms with Gasteiger partial charge in [0.2, 0.25) is 5.91 Å². The van der Waals surface area contributed by atoms with Crippen molar-refractivity contribution in [2.24, 2.45) is 0 Å². The summed E-state index contributed by atoms with van der Waals surface area (Å²) in [6.45, 7) is 5.98. The average Bonchev–Trinajstić information content (AvgIpc) is 3.17. The summed E-state index contributed by atoms with van der Waals surface area (Å²) in [5.41, 5.74) is 5.42. The van der Waals surface area contributed by atoms with E-state index < -0.39 is 0 Å². The summed E-state index contributed by atoms with van der Waals surface area (Å²) in [5.74, 6) is 0.0711. The van der Waals surface area contributed by atoms with E-state index in [1.807, 2.05) is 25.1 Å². The molecule has 0 unspecified atom stereocenters. The Hall–Kier alpha value is -2.66. The fourth-order valence-electron chi connectivity index (χ4n) is 4.26. The van der Waals surface area contributed by atoms with Crippen LogP contribution in [0.1, 0.15) is 40.4 Å². The number of anilines is 1. The van der Waals surface area contributed by atoms with Gasteiger partial charge in [-0.05, 0) is 41.7 Å². The molecule has 0 bridgehead atoms. The Morgan fingerprint density at radius 1 is 1.00 bits per heavy atom. The van der Waals surface area contributed by atoms with Gasteiger partial charge in [-0.15, -0.1) is 0 Å². The molecule has 4 rings (SSSR count). The van der Waals surface area contributed by atoms with Gasteiger partial charge in [-0.3, -0.25) is 14.5 Å². The Kier molecular flexibility index (Phi) is 5.44. The van der Waals surface area contributed by atoms with Crippen LogP contribution in [-0.2, 0) is 24.2 Å². The van der Waals surface area contributed by atoms with Gasteiger partial charge in [-0.25, -0.2) is 0 Å². The van der Waals surface area contributed by atoms with Gasteiger partial charge in [0.1, 0.15) is 0 Å². The predicted molar refractivity (Wildman–Crippen MR) is 111 cm³/mol. The van der Waals surface area contributed by atoms with E-state index in [0.717, 1.165) is 43.7 Å². The summed E-state index contributed by atoms with van der Waals surface area (Å²) >= 11 is 0. The maximum Gasteiger partial charge on any atom is 0.251 e. The van der Waals surface area contributed by atoms with Crippen molar-refractivity contribution in [3.8, 4) is 0 Å². The number of fused-ring (bicyclic) bond motifs is 2. The fourth-order valence-corrected chi connectivity index (χ4v) is 4.26. The third kappa shape index (κ3) is 3.67. The van der Waals surface area contributed by atoms with Gasteiger partial charge in [-0.2, -0.15) is 0 Å². The Morgan fingerprint density at radius 2 is 1.82 bits per heavy atom. The predicted octanol–water partition coefficient (Wildman–Crippen LogP) is 2.77. The number of carbonyl (C=O) groups excluding carboxylic acids is 2. The minimum absolute atomic E-state index is 0.0416.